The molecule has 0 spiro atoms. The number of nitrogens with zero attached hydrogens (tertiary/aromatic N) is 1. The average Bonchev–Trinajstić information content (AvgIpc) is 2.76. The Morgan fingerprint density at radius 1 is 0.621 bits per heavy atom. The zero-order chi connectivity index (χ0) is 20.1. The zero-order valence-corrected chi connectivity index (χ0v) is 17.3. The Morgan fingerprint density at radius 3 is 1.72 bits per heavy atom. The lowest BCUT2D eigenvalue weighted by atomic mass is 10.1. The summed E-state index contributed by atoms with van der Waals surface area (Å²) in [6.45, 7) is 0. The molecule has 3 heteroatoms. The van der Waals surface area contributed by atoms with Crippen LogP contribution in [0.2, 0.25) is 0 Å². The molecule has 142 valence electrons. The number of hydrogen-bond acceptors (Lipinski definition) is 1. The number of benzene rings is 4. The molecule has 0 aliphatic heterocycles. The molecule has 0 saturated carbocycles. The molecule has 0 N–H and O–H groups in total. The summed E-state index contributed by atoms with van der Waals surface area (Å²) in [6.07, 6.45) is 3.72. The molecule has 0 bridgehead atoms. The molecule has 0 radical (unpaired) electrons. The van der Waals surface area contributed by atoms with Crippen LogP contribution in [0.3, 0.4) is 0 Å². The number of para-hydroxylation sites is 2. The predicted octanol–water partition coefficient (Wildman–Crippen LogP) is 8.23. The topological polar surface area (TPSA) is 3.24 Å². The lowest BCUT2D eigenvalue weighted by molar-refractivity contribution is 0.624. The summed E-state index contributed by atoms with van der Waals surface area (Å²) in [5.74, 6) is -0.244. The summed E-state index contributed by atoms with van der Waals surface area (Å²) in [6, 6.07) is 33.9. The number of hydrogen-bond donors (Lipinski definition) is 0. The van der Waals surface area contributed by atoms with Crippen LogP contribution >= 0.6 is 15.9 Å². The first-order chi connectivity index (χ1) is 14.2. The van der Waals surface area contributed by atoms with Gasteiger partial charge in [0.1, 0.15) is 5.82 Å². The molecule has 0 saturated heterocycles. The monoisotopic (exact) mass is 443 g/mol. The van der Waals surface area contributed by atoms with Gasteiger partial charge in [-0.15, -0.1) is 0 Å². The van der Waals surface area contributed by atoms with Crippen LogP contribution in [-0.2, 0) is 0 Å². The molecule has 0 fully saturated rings. The molecule has 0 aromatic heterocycles. The smallest absolute Gasteiger partial charge is 0.131 e. The van der Waals surface area contributed by atoms with E-state index in [4.69, 9.17) is 0 Å². The van der Waals surface area contributed by atoms with Crippen LogP contribution in [0.15, 0.2) is 108 Å². The second-order valence-electron chi connectivity index (χ2n) is 6.60. The number of halogens is 2. The van der Waals surface area contributed by atoms with Crippen LogP contribution in [0.25, 0.3) is 12.2 Å². The van der Waals surface area contributed by atoms with Crippen molar-refractivity contribution in [2.75, 3.05) is 4.90 Å². The van der Waals surface area contributed by atoms with Gasteiger partial charge in [-0.05, 0) is 54.1 Å². The molecule has 1 nitrogen and oxygen atoms in total. The van der Waals surface area contributed by atoms with E-state index in [0.29, 0.717) is 5.56 Å². The van der Waals surface area contributed by atoms with Crippen molar-refractivity contribution in [3.8, 4) is 0 Å². The van der Waals surface area contributed by atoms with E-state index in [2.05, 4.69) is 57.2 Å². The van der Waals surface area contributed by atoms with Crippen molar-refractivity contribution in [1.29, 1.82) is 0 Å². The van der Waals surface area contributed by atoms with Crippen LogP contribution < -0.4 is 4.90 Å². The molecule has 0 heterocycles. The summed E-state index contributed by atoms with van der Waals surface area (Å²) in [4.78, 5) is 2.21. The number of anilines is 3. The maximum Gasteiger partial charge on any atom is 0.131 e. The molecule has 0 amide bonds. The van der Waals surface area contributed by atoms with Crippen molar-refractivity contribution in [3.05, 3.63) is 125 Å². The first-order valence-electron chi connectivity index (χ1n) is 9.34. The highest BCUT2D eigenvalue weighted by molar-refractivity contribution is 9.10. The minimum Gasteiger partial charge on any atom is -0.311 e. The van der Waals surface area contributed by atoms with Crippen LogP contribution in [0, 0.1) is 5.82 Å². The van der Waals surface area contributed by atoms with E-state index in [1.165, 1.54) is 6.07 Å². The second kappa shape index (κ2) is 8.89. The summed E-state index contributed by atoms with van der Waals surface area (Å²) in [5, 5.41) is 0. The van der Waals surface area contributed by atoms with Gasteiger partial charge in [0.05, 0.1) is 0 Å². The Bertz CT molecular complexity index is 1070. The Balaban J connectivity index is 1.63. The first-order valence-corrected chi connectivity index (χ1v) is 10.1. The van der Waals surface area contributed by atoms with Crippen molar-refractivity contribution in [2.45, 2.75) is 0 Å². The molecule has 29 heavy (non-hydrogen) atoms. The van der Waals surface area contributed by atoms with Gasteiger partial charge >= 0.3 is 0 Å². The van der Waals surface area contributed by atoms with Crippen LogP contribution in [-0.4, -0.2) is 0 Å². The highest BCUT2D eigenvalue weighted by Crippen LogP contribution is 2.34. The van der Waals surface area contributed by atoms with E-state index >= 15 is 0 Å². The molecular weight excluding hydrogens is 425 g/mol. The van der Waals surface area contributed by atoms with Crippen LogP contribution in [0.4, 0.5) is 21.5 Å². The Hall–Kier alpha value is -3.17. The Kier molecular flexibility index (Phi) is 5.87. The average molecular weight is 444 g/mol. The van der Waals surface area contributed by atoms with Gasteiger partial charge in [0, 0.05) is 27.1 Å². The van der Waals surface area contributed by atoms with E-state index in [9.17, 15) is 4.39 Å². The molecule has 0 aliphatic carbocycles. The van der Waals surface area contributed by atoms with E-state index in [0.717, 1.165) is 27.1 Å². The Morgan fingerprint density at radius 2 is 1.17 bits per heavy atom. The van der Waals surface area contributed by atoms with E-state index in [-0.39, 0.29) is 5.82 Å². The minimum atomic E-state index is -0.244. The van der Waals surface area contributed by atoms with Gasteiger partial charge in [0.2, 0.25) is 0 Å². The lowest BCUT2D eigenvalue weighted by Gasteiger charge is -2.25. The van der Waals surface area contributed by atoms with Gasteiger partial charge in [-0.3, -0.25) is 0 Å². The third-order valence-electron chi connectivity index (χ3n) is 4.60. The zero-order valence-electron chi connectivity index (χ0n) is 15.7. The van der Waals surface area contributed by atoms with Crippen molar-refractivity contribution >= 4 is 45.1 Å². The van der Waals surface area contributed by atoms with E-state index in [1.54, 1.807) is 12.1 Å². The predicted molar refractivity (Wildman–Crippen MR) is 124 cm³/mol. The first kappa shape index (κ1) is 19.2. The fourth-order valence-corrected chi connectivity index (χ4v) is 3.49. The second-order valence-corrected chi connectivity index (χ2v) is 7.51. The molecule has 0 unspecified atom stereocenters. The molecular formula is C26H19BrFN. The molecule has 4 rings (SSSR count). The largest absolute Gasteiger partial charge is 0.311 e. The van der Waals surface area contributed by atoms with E-state index in [1.807, 2.05) is 60.7 Å². The fraction of sp³-hybridized carbons (Fsp3) is 0. The standard InChI is InChI=1S/C26H19BrFN/c27-22-16-15-21(26(28)19-22)14-11-20-12-17-25(18-13-20)29(23-7-3-1-4-8-23)24-9-5-2-6-10-24/h1-19H/b14-11+. The molecule has 0 atom stereocenters. The molecule has 0 aliphatic rings. The van der Waals surface area contributed by atoms with Gasteiger partial charge in [0.25, 0.3) is 0 Å². The highest BCUT2D eigenvalue weighted by Gasteiger charge is 2.11. The minimum absolute atomic E-state index is 0.244. The third-order valence-corrected chi connectivity index (χ3v) is 5.09. The molecule has 4 aromatic carbocycles. The van der Waals surface area contributed by atoms with Crippen molar-refractivity contribution < 1.29 is 4.39 Å². The third kappa shape index (κ3) is 4.64. The maximum atomic E-state index is 14.0. The summed E-state index contributed by atoms with van der Waals surface area (Å²) >= 11 is 3.28. The van der Waals surface area contributed by atoms with Gasteiger partial charge in [-0.2, -0.15) is 0 Å². The van der Waals surface area contributed by atoms with Gasteiger partial charge in [-0.1, -0.05) is 82.7 Å². The fourth-order valence-electron chi connectivity index (χ4n) is 3.16. The summed E-state index contributed by atoms with van der Waals surface area (Å²) < 4.78 is 14.7. The lowest BCUT2D eigenvalue weighted by Crippen LogP contribution is -2.09. The molecule has 4 aromatic rings. The van der Waals surface area contributed by atoms with E-state index < -0.39 is 0 Å². The van der Waals surface area contributed by atoms with Crippen molar-refractivity contribution in [2.24, 2.45) is 0 Å². The number of rotatable bonds is 5. The van der Waals surface area contributed by atoms with Gasteiger partial charge in [-0.25, -0.2) is 4.39 Å². The quantitative estimate of drug-likeness (QED) is 0.280. The maximum absolute atomic E-state index is 14.0. The van der Waals surface area contributed by atoms with Gasteiger partial charge < -0.3 is 4.90 Å². The normalized spacial score (nSPS) is 11.0. The van der Waals surface area contributed by atoms with Crippen molar-refractivity contribution in [3.63, 3.8) is 0 Å². The van der Waals surface area contributed by atoms with Crippen LogP contribution in [0.5, 0.6) is 0 Å². The van der Waals surface area contributed by atoms with Crippen LogP contribution in [0.1, 0.15) is 11.1 Å². The van der Waals surface area contributed by atoms with Crippen molar-refractivity contribution in [1.82, 2.24) is 0 Å². The highest BCUT2D eigenvalue weighted by atomic mass is 79.9. The van der Waals surface area contributed by atoms with Gasteiger partial charge in [0.15, 0.2) is 0 Å². The summed E-state index contributed by atoms with van der Waals surface area (Å²) in [7, 11) is 0. The Labute approximate surface area is 178 Å². The SMILES string of the molecule is Fc1cc(Br)ccc1/C=C/c1ccc(N(c2ccccc2)c2ccccc2)cc1. The summed E-state index contributed by atoms with van der Waals surface area (Å²) in [5.41, 5.74) is 4.83.